The lowest BCUT2D eigenvalue weighted by atomic mass is 10.2. The first-order chi connectivity index (χ1) is 8.58. The van der Waals surface area contributed by atoms with Crippen LogP contribution in [0.4, 0.5) is 20.2 Å². The summed E-state index contributed by atoms with van der Waals surface area (Å²) in [6, 6.07) is 5.86. The van der Waals surface area contributed by atoms with Crippen LogP contribution in [0.3, 0.4) is 0 Å². The molecule has 1 aromatic heterocycles. The average molecular weight is 249 g/mol. The topological polar surface area (TPSA) is 50.9 Å². The number of aromatic nitrogens is 1. The van der Waals surface area contributed by atoms with Crippen LogP contribution in [-0.4, -0.2) is 4.98 Å². The van der Waals surface area contributed by atoms with Crippen LogP contribution in [0.5, 0.6) is 0 Å². The molecule has 18 heavy (non-hydrogen) atoms. The summed E-state index contributed by atoms with van der Waals surface area (Å²) in [5.74, 6) is -1.41. The Hall–Kier alpha value is -2.17. The lowest BCUT2D eigenvalue weighted by Crippen LogP contribution is -2.07. The van der Waals surface area contributed by atoms with Gasteiger partial charge in [0.1, 0.15) is 5.69 Å². The highest BCUT2D eigenvalue weighted by molar-refractivity contribution is 5.54. The second-order valence-electron chi connectivity index (χ2n) is 3.98. The minimum absolute atomic E-state index is 0.0598. The molecule has 0 bridgehead atoms. The molecule has 0 saturated carbocycles. The molecular formula is C13H13F2N3. The Balaban J connectivity index is 2.19. The van der Waals surface area contributed by atoms with E-state index in [0.29, 0.717) is 0 Å². The molecule has 0 aliphatic carbocycles. The molecule has 0 atom stereocenters. The third kappa shape index (κ3) is 2.56. The number of pyridine rings is 1. The molecule has 0 unspecified atom stereocenters. The Morgan fingerprint density at radius 3 is 2.56 bits per heavy atom. The van der Waals surface area contributed by atoms with Gasteiger partial charge >= 0.3 is 0 Å². The Kier molecular flexibility index (Phi) is 3.41. The molecule has 1 aromatic carbocycles. The zero-order chi connectivity index (χ0) is 13.1. The molecule has 0 spiro atoms. The summed E-state index contributed by atoms with van der Waals surface area (Å²) in [5.41, 5.74) is 6.92. The molecule has 0 aliphatic rings. The van der Waals surface area contributed by atoms with Crippen molar-refractivity contribution in [3.63, 3.8) is 0 Å². The SMILES string of the molecule is Cc1cccnc1CNc1c(F)cc(N)cc1F. The lowest BCUT2D eigenvalue weighted by Gasteiger charge is -2.10. The van der Waals surface area contributed by atoms with E-state index in [1.54, 1.807) is 6.20 Å². The number of nitrogens with one attached hydrogen (secondary N) is 1. The van der Waals surface area contributed by atoms with E-state index in [4.69, 9.17) is 5.73 Å². The summed E-state index contributed by atoms with van der Waals surface area (Å²) in [5, 5.41) is 2.70. The van der Waals surface area contributed by atoms with Crippen LogP contribution in [0.2, 0.25) is 0 Å². The number of hydrogen-bond donors (Lipinski definition) is 2. The van der Waals surface area contributed by atoms with Crippen molar-refractivity contribution in [2.24, 2.45) is 0 Å². The number of rotatable bonds is 3. The van der Waals surface area contributed by atoms with E-state index in [0.717, 1.165) is 23.4 Å². The Bertz CT molecular complexity index is 547. The van der Waals surface area contributed by atoms with Gasteiger partial charge in [0.25, 0.3) is 0 Å². The summed E-state index contributed by atoms with van der Waals surface area (Å²) in [6.07, 6.45) is 1.64. The average Bonchev–Trinajstić information content (AvgIpc) is 2.30. The summed E-state index contributed by atoms with van der Waals surface area (Å²) < 4.78 is 27.0. The Morgan fingerprint density at radius 2 is 1.94 bits per heavy atom. The first kappa shape index (κ1) is 12.3. The normalized spacial score (nSPS) is 10.4. The van der Waals surface area contributed by atoms with Gasteiger partial charge in [-0.05, 0) is 30.7 Å². The lowest BCUT2D eigenvalue weighted by molar-refractivity contribution is 0.589. The molecule has 0 amide bonds. The zero-order valence-electron chi connectivity index (χ0n) is 9.87. The highest BCUT2D eigenvalue weighted by Gasteiger charge is 2.10. The van der Waals surface area contributed by atoms with Gasteiger partial charge in [0, 0.05) is 11.9 Å². The van der Waals surface area contributed by atoms with Gasteiger partial charge in [0.15, 0.2) is 11.6 Å². The minimum Gasteiger partial charge on any atom is -0.399 e. The predicted molar refractivity (Wildman–Crippen MR) is 67.1 cm³/mol. The first-order valence-electron chi connectivity index (χ1n) is 5.47. The standard InChI is InChI=1S/C13H13F2N3/c1-8-3-2-4-17-12(8)7-18-13-10(14)5-9(16)6-11(13)15/h2-6,18H,7,16H2,1H3. The Labute approximate surface area is 104 Å². The smallest absolute Gasteiger partial charge is 0.151 e. The molecule has 3 nitrogen and oxygen atoms in total. The highest BCUT2D eigenvalue weighted by Crippen LogP contribution is 2.22. The van der Waals surface area contributed by atoms with Crippen LogP contribution in [0.25, 0.3) is 0 Å². The first-order valence-corrected chi connectivity index (χ1v) is 5.47. The largest absolute Gasteiger partial charge is 0.399 e. The van der Waals surface area contributed by atoms with Crippen LogP contribution in [0.15, 0.2) is 30.5 Å². The summed E-state index contributed by atoms with van der Waals surface area (Å²) in [7, 11) is 0. The van der Waals surface area contributed by atoms with E-state index in [9.17, 15) is 8.78 Å². The van der Waals surface area contributed by atoms with Crippen molar-refractivity contribution in [3.05, 3.63) is 53.4 Å². The monoisotopic (exact) mass is 249 g/mol. The number of hydrogen-bond acceptors (Lipinski definition) is 3. The summed E-state index contributed by atoms with van der Waals surface area (Å²) in [4.78, 5) is 4.14. The molecule has 2 aromatic rings. The van der Waals surface area contributed by atoms with Gasteiger partial charge in [-0.2, -0.15) is 0 Å². The molecule has 1 heterocycles. The summed E-state index contributed by atoms with van der Waals surface area (Å²) >= 11 is 0. The number of aryl methyl sites for hydroxylation is 1. The molecule has 3 N–H and O–H groups in total. The third-order valence-corrected chi connectivity index (χ3v) is 2.61. The molecular weight excluding hydrogens is 236 g/mol. The van der Waals surface area contributed by atoms with Gasteiger partial charge in [0.05, 0.1) is 12.2 Å². The van der Waals surface area contributed by atoms with Gasteiger partial charge < -0.3 is 11.1 Å². The van der Waals surface area contributed by atoms with Crippen LogP contribution in [-0.2, 0) is 6.54 Å². The van der Waals surface area contributed by atoms with E-state index in [2.05, 4.69) is 10.3 Å². The van der Waals surface area contributed by atoms with Crippen LogP contribution >= 0.6 is 0 Å². The third-order valence-electron chi connectivity index (χ3n) is 2.61. The van der Waals surface area contributed by atoms with Crippen LogP contribution < -0.4 is 11.1 Å². The quantitative estimate of drug-likeness (QED) is 0.822. The second kappa shape index (κ2) is 5.00. The van der Waals surface area contributed by atoms with Crippen molar-refractivity contribution in [2.75, 3.05) is 11.1 Å². The maximum Gasteiger partial charge on any atom is 0.151 e. The second-order valence-corrected chi connectivity index (χ2v) is 3.98. The van der Waals surface area contributed by atoms with Crippen molar-refractivity contribution < 1.29 is 8.78 Å². The van der Waals surface area contributed by atoms with E-state index in [-0.39, 0.29) is 17.9 Å². The van der Waals surface area contributed by atoms with Crippen LogP contribution in [0.1, 0.15) is 11.3 Å². The fourth-order valence-electron chi connectivity index (χ4n) is 1.64. The van der Waals surface area contributed by atoms with Crippen molar-refractivity contribution >= 4 is 11.4 Å². The molecule has 0 fully saturated rings. The minimum atomic E-state index is -0.707. The van der Waals surface area contributed by atoms with E-state index >= 15 is 0 Å². The molecule has 0 aliphatic heterocycles. The number of nitrogens with two attached hydrogens (primary N) is 1. The van der Waals surface area contributed by atoms with Gasteiger partial charge in [-0.1, -0.05) is 6.07 Å². The molecule has 0 saturated heterocycles. The van der Waals surface area contributed by atoms with Gasteiger partial charge in [0.2, 0.25) is 0 Å². The van der Waals surface area contributed by atoms with E-state index in [1.807, 2.05) is 19.1 Å². The highest BCUT2D eigenvalue weighted by atomic mass is 19.1. The van der Waals surface area contributed by atoms with Gasteiger partial charge in [-0.25, -0.2) is 8.78 Å². The zero-order valence-corrected chi connectivity index (χ0v) is 9.87. The number of benzene rings is 1. The molecule has 5 heteroatoms. The predicted octanol–water partition coefficient (Wildman–Crippen LogP) is 2.86. The number of anilines is 2. The van der Waals surface area contributed by atoms with Gasteiger partial charge in [-0.15, -0.1) is 0 Å². The van der Waals surface area contributed by atoms with Crippen molar-refractivity contribution in [3.8, 4) is 0 Å². The van der Waals surface area contributed by atoms with Crippen molar-refractivity contribution in [2.45, 2.75) is 13.5 Å². The number of nitrogen functional groups attached to an aromatic ring is 1. The molecule has 0 radical (unpaired) electrons. The number of nitrogens with zero attached hydrogens (tertiary/aromatic N) is 1. The molecule has 2 rings (SSSR count). The fraction of sp³-hybridized carbons (Fsp3) is 0.154. The summed E-state index contributed by atoms with van der Waals surface area (Å²) in [6.45, 7) is 2.14. The Morgan fingerprint density at radius 1 is 1.28 bits per heavy atom. The maximum absolute atomic E-state index is 13.5. The fourth-order valence-corrected chi connectivity index (χ4v) is 1.64. The maximum atomic E-state index is 13.5. The molecule has 94 valence electrons. The van der Waals surface area contributed by atoms with E-state index in [1.165, 1.54) is 0 Å². The van der Waals surface area contributed by atoms with E-state index < -0.39 is 11.6 Å². The van der Waals surface area contributed by atoms with Crippen molar-refractivity contribution in [1.82, 2.24) is 4.98 Å². The van der Waals surface area contributed by atoms with Crippen LogP contribution in [0, 0.1) is 18.6 Å². The number of halogens is 2. The van der Waals surface area contributed by atoms with Gasteiger partial charge in [-0.3, -0.25) is 4.98 Å². The van der Waals surface area contributed by atoms with Crippen molar-refractivity contribution in [1.29, 1.82) is 0 Å².